The summed E-state index contributed by atoms with van der Waals surface area (Å²) in [5.41, 5.74) is 0. The molecule has 5 nitrogen and oxygen atoms in total. The normalized spacial score (nSPS) is 27.8. The zero-order valence-corrected chi connectivity index (χ0v) is 14.4. The molecule has 0 amide bonds. The topological polar surface area (TPSA) is 74.7 Å². The van der Waals surface area contributed by atoms with E-state index in [0.717, 1.165) is 16.5 Å². The fourth-order valence-electron chi connectivity index (χ4n) is 3.80. The van der Waals surface area contributed by atoms with Gasteiger partial charge in [-0.15, -0.1) is 11.3 Å². The highest BCUT2D eigenvalue weighted by Gasteiger charge is 2.54. The molecule has 3 atom stereocenters. The third kappa shape index (κ3) is 2.29. The fourth-order valence-corrected chi connectivity index (χ4v) is 7.38. The summed E-state index contributed by atoms with van der Waals surface area (Å²) in [7, 11) is -3.67. The van der Waals surface area contributed by atoms with Crippen molar-refractivity contribution >= 4 is 49.0 Å². The average Bonchev–Trinajstić information content (AvgIpc) is 3.18. The zero-order chi connectivity index (χ0) is 16.4. The summed E-state index contributed by atoms with van der Waals surface area (Å²) in [5.74, 6) is -1.49. The highest BCUT2D eigenvalue weighted by molar-refractivity contribution is 7.91. The molecule has 3 heterocycles. The van der Waals surface area contributed by atoms with Crippen molar-refractivity contribution in [1.29, 1.82) is 0 Å². The second-order valence-corrected chi connectivity index (χ2v) is 9.65. The molecule has 2 saturated heterocycles. The quantitative estimate of drug-likeness (QED) is 0.899. The molecule has 4 rings (SSSR count). The maximum Gasteiger partial charge on any atom is 0.308 e. The Kier molecular flexibility index (Phi) is 3.46. The number of carbonyl (C=O) groups is 1. The number of thiophene rings is 1. The Bertz CT molecular complexity index is 907. The molecule has 2 bridgehead atoms. The van der Waals surface area contributed by atoms with Gasteiger partial charge in [-0.3, -0.25) is 4.79 Å². The summed E-state index contributed by atoms with van der Waals surface area (Å²) in [6.07, 6.45) is 1.78. The monoisotopic (exact) mass is 371 g/mol. The molecule has 2 fully saturated rings. The number of rotatable bonds is 3. The van der Waals surface area contributed by atoms with Crippen LogP contribution in [-0.4, -0.2) is 35.9 Å². The lowest BCUT2D eigenvalue weighted by molar-refractivity contribution is -0.142. The first-order valence-electron chi connectivity index (χ1n) is 7.33. The molecule has 1 aromatic heterocycles. The van der Waals surface area contributed by atoms with Crippen LogP contribution in [0.15, 0.2) is 28.5 Å². The van der Waals surface area contributed by atoms with Crippen LogP contribution in [0.1, 0.15) is 19.3 Å². The van der Waals surface area contributed by atoms with Crippen LogP contribution >= 0.6 is 22.9 Å². The third-order valence-electron chi connectivity index (χ3n) is 4.78. The van der Waals surface area contributed by atoms with Crippen LogP contribution in [-0.2, 0) is 14.8 Å². The van der Waals surface area contributed by atoms with E-state index in [1.54, 1.807) is 24.3 Å². The van der Waals surface area contributed by atoms with Gasteiger partial charge in [0.2, 0.25) is 0 Å². The number of nitrogens with zero attached hydrogens (tertiary/aromatic N) is 1. The van der Waals surface area contributed by atoms with Crippen molar-refractivity contribution in [3.05, 3.63) is 29.3 Å². The predicted molar refractivity (Wildman–Crippen MR) is 88.4 cm³/mol. The molecule has 0 spiro atoms. The van der Waals surface area contributed by atoms with E-state index >= 15 is 0 Å². The first-order chi connectivity index (χ1) is 10.9. The van der Waals surface area contributed by atoms with Gasteiger partial charge >= 0.3 is 5.97 Å². The minimum absolute atomic E-state index is 0.195. The number of carboxylic acid groups (broad SMARTS) is 1. The van der Waals surface area contributed by atoms with Crippen LogP contribution < -0.4 is 0 Å². The van der Waals surface area contributed by atoms with Gasteiger partial charge in [0.1, 0.15) is 4.21 Å². The van der Waals surface area contributed by atoms with E-state index in [2.05, 4.69) is 0 Å². The van der Waals surface area contributed by atoms with Crippen LogP contribution in [0.5, 0.6) is 0 Å². The van der Waals surface area contributed by atoms with Gasteiger partial charge in [-0.25, -0.2) is 8.42 Å². The van der Waals surface area contributed by atoms with E-state index in [1.807, 2.05) is 0 Å². The predicted octanol–water partition coefficient (Wildman–Crippen LogP) is 3.18. The lowest BCUT2D eigenvalue weighted by atomic mass is 9.89. The molecule has 2 aromatic rings. The first-order valence-corrected chi connectivity index (χ1v) is 9.97. The van der Waals surface area contributed by atoms with Crippen molar-refractivity contribution in [2.24, 2.45) is 5.92 Å². The fraction of sp³-hybridized carbons (Fsp3) is 0.400. The van der Waals surface area contributed by atoms with E-state index in [9.17, 15) is 18.3 Å². The molecule has 122 valence electrons. The van der Waals surface area contributed by atoms with Gasteiger partial charge in [0, 0.05) is 21.8 Å². The Morgan fingerprint density at radius 1 is 1.30 bits per heavy atom. The molecule has 3 unspecified atom stereocenters. The van der Waals surface area contributed by atoms with Crippen LogP contribution in [0.2, 0.25) is 5.02 Å². The van der Waals surface area contributed by atoms with E-state index in [-0.39, 0.29) is 10.3 Å². The lowest BCUT2D eigenvalue weighted by Gasteiger charge is -2.21. The number of benzene rings is 1. The van der Waals surface area contributed by atoms with Crippen molar-refractivity contribution in [2.75, 3.05) is 0 Å². The molecular formula is C15H14ClNO4S2. The van der Waals surface area contributed by atoms with Crippen LogP contribution in [0.3, 0.4) is 0 Å². The highest BCUT2D eigenvalue weighted by Crippen LogP contribution is 2.46. The molecule has 1 N–H and O–H groups in total. The summed E-state index contributed by atoms with van der Waals surface area (Å²) >= 11 is 7.16. The smallest absolute Gasteiger partial charge is 0.308 e. The second-order valence-electron chi connectivity index (χ2n) is 6.06. The first kappa shape index (κ1) is 15.4. The van der Waals surface area contributed by atoms with Crippen molar-refractivity contribution in [2.45, 2.75) is 35.6 Å². The maximum absolute atomic E-state index is 13.0. The van der Waals surface area contributed by atoms with E-state index in [1.165, 1.54) is 15.6 Å². The summed E-state index contributed by atoms with van der Waals surface area (Å²) in [4.78, 5) is 11.3. The van der Waals surface area contributed by atoms with E-state index in [0.29, 0.717) is 17.9 Å². The Hall–Kier alpha value is -1.15. The molecule has 0 saturated carbocycles. The van der Waals surface area contributed by atoms with Gasteiger partial charge in [0.25, 0.3) is 10.0 Å². The lowest BCUT2D eigenvalue weighted by Crippen LogP contribution is -2.37. The summed E-state index contributed by atoms with van der Waals surface area (Å²) in [6.45, 7) is 0. The second kappa shape index (κ2) is 5.17. The van der Waals surface area contributed by atoms with E-state index < -0.39 is 28.0 Å². The Morgan fingerprint density at radius 3 is 2.78 bits per heavy atom. The molecule has 1 aromatic carbocycles. The summed E-state index contributed by atoms with van der Waals surface area (Å²) in [5, 5.41) is 10.7. The SMILES string of the molecule is O=C(O)C1CC2CCC1N2S(=O)(=O)c1cc2cc(Cl)ccc2s1. The van der Waals surface area contributed by atoms with Gasteiger partial charge in [-0.2, -0.15) is 4.31 Å². The van der Waals surface area contributed by atoms with Crippen LogP contribution in [0.25, 0.3) is 10.1 Å². The number of hydrogen-bond acceptors (Lipinski definition) is 4. The molecular weight excluding hydrogens is 358 g/mol. The minimum atomic E-state index is -3.67. The Balaban J connectivity index is 1.76. The maximum atomic E-state index is 13.0. The molecule has 0 radical (unpaired) electrons. The highest BCUT2D eigenvalue weighted by atomic mass is 35.5. The van der Waals surface area contributed by atoms with Crippen LogP contribution in [0, 0.1) is 5.92 Å². The van der Waals surface area contributed by atoms with Crippen LogP contribution in [0.4, 0.5) is 0 Å². The van der Waals surface area contributed by atoms with Gasteiger partial charge in [-0.05, 0) is 48.9 Å². The van der Waals surface area contributed by atoms with Gasteiger partial charge in [0.15, 0.2) is 0 Å². The van der Waals surface area contributed by atoms with Crippen molar-refractivity contribution in [1.82, 2.24) is 4.31 Å². The third-order valence-corrected chi connectivity index (χ3v) is 8.56. The standard InChI is InChI=1S/C15H14ClNO4S2/c16-9-1-4-13-8(5-9)6-14(22-13)23(20,21)17-10-2-3-12(17)11(7-10)15(18)19/h1,4-6,10-12H,2-3,7H2,(H,18,19). The summed E-state index contributed by atoms with van der Waals surface area (Å²) < 4.78 is 28.6. The van der Waals surface area contributed by atoms with Crippen molar-refractivity contribution in [3.8, 4) is 0 Å². The Labute approximate surface area is 142 Å². The Morgan fingerprint density at radius 2 is 2.09 bits per heavy atom. The molecule has 23 heavy (non-hydrogen) atoms. The van der Waals surface area contributed by atoms with Gasteiger partial charge < -0.3 is 5.11 Å². The number of sulfonamides is 1. The molecule has 8 heteroatoms. The van der Waals surface area contributed by atoms with Crippen molar-refractivity contribution < 1.29 is 18.3 Å². The molecule has 0 aliphatic carbocycles. The van der Waals surface area contributed by atoms with Gasteiger partial charge in [0.05, 0.1) is 5.92 Å². The average molecular weight is 372 g/mol. The number of halogens is 1. The molecule has 2 aliphatic heterocycles. The van der Waals surface area contributed by atoms with Crippen molar-refractivity contribution in [3.63, 3.8) is 0 Å². The number of carboxylic acids is 1. The summed E-state index contributed by atoms with van der Waals surface area (Å²) in [6, 6.07) is 6.30. The largest absolute Gasteiger partial charge is 0.481 e. The number of hydrogen-bond donors (Lipinski definition) is 1. The zero-order valence-electron chi connectivity index (χ0n) is 12.0. The van der Waals surface area contributed by atoms with E-state index in [4.69, 9.17) is 11.6 Å². The van der Waals surface area contributed by atoms with Gasteiger partial charge in [-0.1, -0.05) is 11.6 Å². The number of fused-ring (bicyclic) bond motifs is 3. The number of aliphatic carboxylic acids is 1. The molecule has 2 aliphatic rings. The minimum Gasteiger partial charge on any atom is -0.481 e.